The molecule has 2 aromatic rings. The molecular formula is C12H13BrN2S. The number of nitrogens with one attached hydrogen (secondary N) is 1. The standard InChI is InChI=1S/C12H13BrN2S/c1-14-12(10-7-16-8-11(10)13)6-9-2-4-15-5-3-9/h2-5,7-8,12,14H,6H2,1H3. The molecule has 1 unspecified atom stereocenters. The highest BCUT2D eigenvalue weighted by molar-refractivity contribution is 9.10. The van der Waals surface area contributed by atoms with Gasteiger partial charge < -0.3 is 5.32 Å². The maximum atomic E-state index is 4.03. The predicted octanol–water partition coefficient (Wildman–Crippen LogP) is 3.41. The summed E-state index contributed by atoms with van der Waals surface area (Å²) in [4.78, 5) is 4.03. The lowest BCUT2D eigenvalue weighted by molar-refractivity contribution is 0.591. The molecule has 0 amide bonds. The summed E-state index contributed by atoms with van der Waals surface area (Å²) in [6.07, 6.45) is 4.66. The number of rotatable bonds is 4. The van der Waals surface area contributed by atoms with Crippen molar-refractivity contribution in [3.63, 3.8) is 0 Å². The topological polar surface area (TPSA) is 24.9 Å². The quantitative estimate of drug-likeness (QED) is 0.935. The summed E-state index contributed by atoms with van der Waals surface area (Å²) in [6, 6.07) is 4.47. The highest BCUT2D eigenvalue weighted by Gasteiger charge is 2.13. The molecule has 1 N–H and O–H groups in total. The number of pyridine rings is 1. The van der Waals surface area contributed by atoms with Crippen molar-refractivity contribution >= 4 is 27.3 Å². The van der Waals surface area contributed by atoms with Crippen molar-refractivity contribution in [3.05, 3.63) is 50.9 Å². The van der Waals surface area contributed by atoms with Gasteiger partial charge in [-0.15, -0.1) is 0 Å². The lowest BCUT2D eigenvalue weighted by atomic mass is 10.0. The van der Waals surface area contributed by atoms with Gasteiger partial charge >= 0.3 is 0 Å². The molecule has 4 heteroatoms. The van der Waals surface area contributed by atoms with Crippen LogP contribution in [0.1, 0.15) is 17.2 Å². The van der Waals surface area contributed by atoms with Crippen molar-refractivity contribution in [1.29, 1.82) is 0 Å². The summed E-state index contributed by atoms with van der Waals surface area (Å²) < 4.78 is 1.19. The Hall–Kier alpha value is -0.710. The van der Waals surface area contributed by atoms with Gasteiger partial charge in [-0.2, -0.15) is 11.3 Å². The van der Waals surface area contributed by atoms with Gasteiger partial charge in [-0.1, -0.05) is 0 Å². The van der Waals surface area contributed by atoms with E-state index in [1.807, 2.05) is 19.4 Å². The molecule has 0 bridgehead atoms. The van der Waals surface area contributed by atoms with Crippen molar-refractivity contribution in [2.45, 2.75) is 12.5 Å². The van der Waals surface area contributed by atoms with Crippen LogP contribution in [0.25, 0.3) is 0 Å². The second-order valence-corrected chi connectivity index (χ2v) is 5.17. The Morgan fingerprint density at radius 1 is 1.38 bits per heavy atom. The molecule has 0 aromatic carbocycles. The second kappa shape index (κ2) is 5.57. The van der Waals surface area contributed by atoms with Crippen molar-refractivity contribution in [2.75, 3.05) is 7.05 Å². The van der Waals surface area contributed by atoms with Crippen LogP contribution in [0.5, 0.6) is 0 Å². The molecule has 0 saturated carbocycles. The minimum atomic E-state index is 0.350. The van der Waals surface area contributed by atoms with Gasteiger partial charge in [-0.05, 0) is 58.0 Å². The van der Waals surface area contributed by atoms with Gasteiger partial charge in [0.15, 0.2) is 0 Å². The van der Waals surface area contributed by atoms with Crippen molar-refractivity contribution in [2.24, 2.45) is 0 Å². The fourth-order valence-electron chi connectivity index (χ4n) is 1.66. The highest BCUT2D eigenvalue weighted by Crippen LogP contribution is 2.29. The SMILES string of the molecule is CNC(Cc1ccncc1)c1cscc1Br. The first kappa shape index (κ1) is 11.8. The summed E-state index contributed by atoms with van der Waals surface area (Å²) in [5, 5.41) is 7.65. The van der Waals surface area contributed by atoms with Crippen LogP contribution in [0.2, 0.25) is 0 Å². The number of nitrogens with zero attached hydrogens (tertiary/aromatic N) is 1. The van der Waals surface area contributed by atoms with E-state index in [-0.39, 0.29) is 0 Å². The van der Waals surface area contributed by atoms with E-state index in [0.29, 0.717) is 6.04 Å². The van der Waals surface area contributed by atoms with Gasteiger partial charge in [0.05, 0.1) is 0 Å². The van der Waals surface area contributed by atoms with E-state index in [4.69, 9.17) is 0 Å². The number of thiophene rings is 1. The molecule has 0 aliphatic heterocycles. The Bertz CT molecular complexity index is 441. The van der Waals surface area contributed by atoms with Crippen LogP contribution in [-0.4, -0.2) is 12.0 Å². The average molecular weight is 297 g/mol. The molecule has 2 aromatic heterocycles. The van der Waals surface area contributed by atoms with Crippen LogP contribution in [0.15, 0.2) is 39.8 Å². The number of hydrogen-bond acceptors (Lipinski definition) is 3. The molecular weight excluding hydrogens is 284 g/mol. The zero-order valence-corrected chi connectivity index (χ0v) is 11.4. The molecule has 0 fully saturated rings. The average Bonchev–Trinajstić information content (AvgIpc) is 2.74. The van der Waals surface area contributed by atoms with Gasteiger partial charge in [0.1, 0.15) is 0 Å². The molecule has 16 heavy (non-hydrogen) atoms. The van der Waals surface area contributed by atoms with Crippen LogP contribution < -0.4 is 5.32 Å². The third kappa shape index (κ3) is 2.70. The van der Waals surface area contributed by atoms with Crippen molar-refractivity contribution in [1.82, 2.24) is 10.3 Å². The predicted molar refractivity (Wildman–Crippen MR) is 71.8 cm³/mol. The van der Waals surface area contributed by atoms with E-state index in [1.165, 1.54) is 15.6 Å². The van der Waals surface area contributed by atoms with E-state index in [2.05, 4.69) is 49.1 Å². The molecule has 0 radical (unpaired) electrons. The molecule has 0 aliphatic rings. The first-order valence-electron chi connectivity index (χ1n) is 5.09. The Labute approximate surface area is 108 Å². The smallest absolute Gasteiger partial charge is 0.0378 e. The maximum absolute atomic E-state index is 4.03. The summed E-state index contributed by atoms with van der Waals surface area (Å²) in [7, 11) is 2.00. The zero-order chi connectivity index (χ0) is 11.4. The van der Waals surface area contributed by atoms with E-state index < -0.39 is 0 Å². The van der Waals surface area contributed by atoms with Gasteiger partial charge in [-0.25, -0.2) is 0 Å². The zero-order valence-electron chi connectivity index (χ0n) is 8.98. The van der Waals surface area contributed by atoms with E-state index in [9.17, 15) is 0 Å². The lowest BCUT2D eigenvalue weighted by Gasteiger charge is -2.15. The van der Waals surface area contributed by atoms with Gasteiger partial charge in [0.2, 0.25) is 0 Å². The third-order valence-electron chi connectivity index (χ3n) is 2.56. The van der Waals surface area contributed by atoms with Gasteiger partial charge in [0, 0.05) is 28.3 Å². The largest absolute Gasteiger partial charge is 0.313 e. The van der Waals surface area contributed by atoms with Crippen LogP contribution in [0, 0.1) is 0 Å². The van der Waals surface area contributed by atoms with Crippen LogP contribution in [0.4, 0.5) is 0 Å². The monoisotopic (exact) mass is 296 g/mol. The maximum Gasteiger partial charge on any atom is 0.0378 e. The van der Waals surface area contributed by atoms with E-state index in [0.717, 1.165) is 6.42 Å². The summed E-state index contributed by atoms with van der Waals surface area (Å²) >= 11 is 5.30. The van der Waals surface area contributed by atoms with Crippen LogP contribution in [0.3, 0.4) is 0 Å². The third-order valence-corrected chi connectivity index (χ3v) is 4.31. The molecule has 1 atom stereocenters. The van der Waals surface area contributed by atoms with E-state index >= 15 is 0 Å². The highest BCUT2D eigenvalue weighted by atomic mass is 79.9. The number of hydrogen-bond donors (Lipinski definition) is 1. The summed E-state index contributed by atoms with van der Waals surface area (Å²) in [5.41, 5.74) is 2.62. The van der Waals surface area contributed by atoms with E-state index in [1.54, 1.807) is 11.3 Å². The van der Waals surface area contributed by atoms with Crippen molar-refractivity contribution < 1.29 is 0 Å². The van der Waals surface area contributed by atoms with Crippen LogP contribution >= 0.6 is 27.3 Å². The van der Waals surface area contributed by atoms with Crippen molar-refractivity contribution in [3.8, 4) is 0 Å². The minimum Gasteiger partial charge on any atom is -0.313 e. The first-order chi connectivity index (χ1) is 7.81. The molecule has 0 aliphatic carbocycles. The summed E-state index contributed by atoms with van der Waals surface area (Å²) in [6.45, 7) is 0. The Morgan fingerprint density at radius 2 is 2.12 bits per heavy atom. The van der Waals surface area contributed by atoms with Crippen LogP contribution in [-0.2, 0) is 6.42 Å². The van der Waals surface area contributed by atoms with Gasteiger partial charge in [-0.3, -0.25) is 4.98 Å². The molecule has 2 heterocycles. The fourth-order valence-corrected chi connectivity index (χ4v) is 3.29. The van der Waals surface area contributed by atoms with Gasteiger partial charge in [0.25, 0.3) is 0 Å². The minimum absolute atomic E-state index is 0.350. The summed E-state index contributed by atoms with van der Waals surface area (Å²) in [5.74, 6) is 0. The Morgan fingerprint density at radius 3 is 2.69 bits per heavy atom. The Kier molecular flexibility index (Phi) is 4.09. The lowest BCUT2D eigenvalue weighted by Crippen LogP contribution is -2.18. The molecule has 2 nitrogen and oxygen atoms in total. The number of aromatic nitrogens is 1. The number of halogens is 1. The normalized spacial score (nSPS) is 12.6. The first-order valence-corrected chi connectivity index (χ1v) is 6.82. The molecule has 0 saturated heterocycles. The molecule has 0 spiro atoms. The molecule has 84 valence electrons. The second-order valence-electron chi connectivity index (χ2n) is 3.58. The Balaban J connectivity index is 2.16. The fraction of sp³-hybridized carbons (Fsp3) is 0.250. The number of likely N-dealkylation sites (N-methyl/N-ethyl adjacent to an activating group) is 1. The molecule has 2 rings (SSSR count).